The van der Waals surface area contributed by atoms with Crippen LogP contribution < -0.4 is 5.32 Å². The number of aromatic nitrogens is 2. The largest absolute Gasteiger partial charge is 0.375 e. The number of hydrogen-bond acceptors (Lipinski definition) is 4. The number of ether oxygens (including phenoxy) is 1. The number of methoxy groups -OCH3 is 1. The lowest BCUT2D eigenvalue weighted by atomic mass is 10.1. The molecule has 4 nitrogen and oxygen atoms in total. The van der Waals surface area contributed by atoms with E-state index in [0.717, 1.165) is 21.7 Å². The van der Waals surface area contributed by atoms with E-state index in [1.54, 1.807) is 30.6 Å². The van der Waals surface area contributed by atoms with Crippen molar-refractivity contribution in [3.05, 3.63) is 64.9 Å². The zero-order valence-electron chi connectivity index (χ0n) is 13.7. The van der Waals surface area contributed by atoms with E-state index in [0.29, 0.717) is 13.1 Å². The van der Waals surface area contributed by atoms with Gasteiger partial charge in [-0.15, -0.1) is 11.3 Å². The predicted octanol–water partition coefficient (Wildman–Crippen LogP) is 3.77. The molecular weight excluding hydrogens is 325 g/mol. The van der Waals surface area contributed by atoms with Gasteiger partial charge in [-0.3, -0.25) is 4.68 Å². The lowest BCUT2D eigenvalue weighted by molar-refractivity contribution is 0.102. The van der Waals surface area contributed by atoms with Crippen LogP contribution >= 0.6 is 11.3 Å². The number of halogens is 1. The van der Waals surface area contributed by atoms with E-state index >= 15 is 0 Å². The molecule has 126 valence electrons. The van der Waals surface area contributed by atoms with E-state index in [-0.39, 0.29) is 11.9 Å². The Morgan fingerprint density at radius 1 is 1.29 bits per heavy atom. The highest BCUT2D eigenvalue weighted by Crippen LogP contribution is 2.26. The van der Waals surface area contributed by atoms with E-state index in [1.165, 1.54) is 12.1 Å². The first-order valence-corrected chi connectivity index (χ1v) is 8.60. The van der Waals surface area contributed by atoms with Gasteiger partial charge >= 0.3 is 0 Å². The number of nitrogens with one attached hydrogen (secondary N) is 1. The van der Waals surface area contributed by atoms with E-state index < -0.39 is 0 Å². The molecule has 0 radical (unpaired) electrons. The third-order valence-corrected chi connectivity index (χ3v) is 4.71. The Morgan fingerprint density at radius 3 is 2.75 bits per heavy atom. The molecule has 0 saturated carbocycles. The van der Waals surface area contributed by atoms with Crippen molar-refractivity contribution in [2.24, 2.45) is 7.05 Å². The highest BCUT2D eigenvalue weighted by atomic mass is 32.1. The number of nitrogens with zero attached hydrogens (tertiary/aromatic N) is 2. The lowest BCUT2D eigenvalue weighted by Crippen LogP contribution is -2.22. The summed E-state index contributed by atoms with van der Waals surface area (Å²) in [6.45, 7) is 1.34. The SMILES string of the molecule is COC(CNCc1cn(C)nc1-c1cccs1)c1ccc(F)cc1. The molecule has 0 saturated heterocycles. The van der Waals surface area contributed by atoms with Gasteiger partial charge in [0.2, 0.25) is 0 Å². The van der Waals surface area contributed by atoms with Crippen LogP contribution in [0.25, 0.3) is 10.6 Å². The van der Waals surface area contributed by atoms with Crippen LogP contribution in [-0.4, -0.2) is 23.4 Å². The van der Waals surface area contributed by atoms with Gasteiger partial charge in [-0.25, -0.2) is 4.39 Å². The molecule has 24 heavy (non-hydrogen) atoms. The molecule has 3 rings (SSSR count). The van der Waals surface area contributed by atoms with Gasteiger partial charge in [-0.05, 0) is 29.1 Å². The van der Waals surface area contributed by atoms with Gasteiger partial charge in [0.25, 0.3) is 0 Å². The standard InChI is InChI=1S/C18H20FN3OS/c1-22-12-14(18(21-22)17-4-3-9-24-17)10-20-11-16(23-2)13-5-7-15(19)8-6-13/h3-9,12,16,20H,10-11H2,1-2H3. The molecule has 0 spiro atoms. The van der Waals surface area contributed by atoms with E-state index in [1.807, 2.05) is 24.0 Å². The van der Waals surface area contributed by atoms with Crippen LogP contribution in [-0.2, 0) is 18.3 Å². The molecule has 1 atom stereocenters. The maximum absolute atomic E-state index is 13.0. The molecule has 0 bridgehead atoms. The summed E-state index contributed by atoms with van der Waals surface area (Å²) >= 11 is 1.68. The first-order chi connectivity index (χ1) is 11.7. The zero-order chi connectivity index (χ0) is 16.9. The molecule has 0 amide bonds. The normalized spacial score (nSPS) is 12.5. The molecule has 1 aromatic carbocycles. The van der Waals surface area contributed by atoms with Crippen molar-refractivity contribution in [2.45, 2.75) is 12.6 Å². The molecule has 2 heterocycles. The van der Waals surface area contributed by atoms with Gasteiger partial charge in [0, 0.05) is 39.0 Å². The van der Waals surface area contributed by atoms with Crippen molar-refractivity contribution in [2.75, 3.05) is 13.7 Å². The Morgan fingerprint density at radius 2 is 2.08 bits per heavy atom. The lowest BCUT2D eigenvalue weighted by Gasteiger charge is -2.16. The van der Waals surface area contributed by atoms with Gasteiger partial charge in [-0.1, -0.05) is 18.2 Å². The fraction of sp³-hybridized carbons (Fsp3) is 0.278. The third kappa shape index (κ3) is 3.90. The van der Waals surface area contributed by atoms with Crippen LogP contribution in [0.15, 0.2) is 48.0 Å². The minimum Gasteiger partial charge on any atom is -0.375 e. The predicted molar refractivity (Wildman–Crippen MR) is 94.4 cm³/mol. The molecule has 6 heteroatoms. The van der Waals surface area contributed by atoms with Crippen LogP contribution in [0, 0.1) is 5.82 Å². The van der Waals surface area contributed by atoms with Crippen molar-refractivity contribution in [3.63, 3.8) is 0 Å². The van der Waals surface area contributed by atoms with E-state index in [2.05, 4.69) is 21.9 Å². The second-order valence-corrected chi connectivity index (χ2v) is 6.51. The zero-order valence-corrected chi connectivity index (χ0v) is 14.5. The number of rotatable bonds is 7. The van der Waals surface area contributed by atoms with Crippen LogP contribution in [0.2, 0.25) is 0 Å². The minimum atomic E-state index is -0.238. The average Bonchev–Trinajstić information content (AvgIpc) is 3.22. The first-order valence-electron chi connectivity index (χ1n) is 7.72. The molecule has 0 aliphatic heterocycles. The summed E-state index contributed by atoms with van der Waals surface area (Å²) in [6.07, 6.45) is 1.91. The summed E-state index contributed by atoms with van der Waals surface area (Å²) in [5.41, 5.74) is 3.11. The molecular formula is C18H20FN3OS. The Labute approximate surface area is 144 Å². The molecule has 2 aromatic heterocycles. The van der Waals surface area contributed by atoms with Crippen LogP contribution in [0.1, 0.15) is 17.2 Å². The second kappa shape index (κ2) is 7.70. The maximum atomic E-state index is 13.0. The maximum Gasteiger partial charge on any atom is 0.123 e. The monoisotopic (exact) mass is 345 g/mol. The Balaban J connectivity index is 1.65. The smallest absolute Gasteiger partial charge is 0.123 e. The molecule has 1 unspecified atom stereocenters. The second-order valence-electron chi connectivity index (χ2n) is 5.56. The number of hydrogen-bond donors (Lipinski definition) is 1. The minimum absolute atomic E-state index is 0.118. The number of thiophene rings is 1. The molecule has 0 aliphatic rings. The summed E-state index contributed by atoms with van der Waals surface area (Å²) in [4.78, 5) is 1.16. The summed E-state index contributed by atoms with van der Waals surface area (Å²) in [7, 11) is 3.59. The Kier molecular flexibility index (Phi) is 5.40. The summed E-state index contributed by atoms with van der Waals surface area (Å²) in [6, 6.07) is 10.5. The number of benzene rings is 1. The van der Waals surface area contributed by atoms with E-state index in [4.69, 9.17) is 4.74 Å². The quantitative estimate of drug-likeness (QED) is 0.708. The van der Waals surface area contributed by atoms with Crippen molar-refractivity contribution in [3.8, 4) is 10.6 Å². The van der Waals surface area contributed by atoms with Crippen molar-refractivity contribution < 1.29 is 9.13 Å². The van der Waals surface area contributed by atoms with Crippen LogP contribution in [0.3, 0.4) is 0 Å². The van der Waals surface area contributed by atoms with Crippen molar-refractivity contribution >= 4 is 11.3 Å². The highest BCUT2D eigenvalue weighted by molar-refractivity contribution is 7.13. The highest BCUT2D eigenvalue weighted by Gasteiger charge is 2.13. The third-order valence-electron chi connectivity index (χ3n) is 3.83. The summed E-state index contributed by atoms with van der Waals surface area (Å²) in [5.74, 6) is -0.238. The van der Waals surface area contributed by atoms with Gasteiger partial charge < -0.3 is 10.1 Å². The summed E-state index contributed by atoms with van der Waals surface area (Å²) < 4.78 is 20.4. The topological polar surface area (TPSA) is 39.1 Å². The van der Waals surface area contributed by atoms with E-state index in [9.17, 15) is 4.39 Å². The molecule has 1 N–H and O–H groups in total. The van der Waals surface area contributed by atoms with Crippen molar-refractivity contribution in [1.29, 1.82) is 0 Å². The molecule has 0 aliphatic carbocycles. The van der Waals surface area contributed by atoms with Gasteiger partial charge in [-0.2, -0.15) is 5.10 Å². The number of aryl methyl sites for hydroxylation is 1. The summed E-state index contributed by atoms with van der Waals surface area (Å²) in [5, 5.41) is 10.0. The molecule has 0 fully saturated rings. The Bertz CT molecular complexity index is 768. The fourth-order valence-corrected chi connectivity index (χ4v) is 3.38. The average molecular weight is 345 g/mol. The Hall–Kier alpha value is -2.02. The molecule has 3 aromatic rings. The van der Waals surface area contributed by atoms with Crippen molar-refractivity contribution in [1.82, 2.24) is 15.1 Å². The van der Waals surface area contributed by atoms with Gasteiger partial charge in [0.05, 0.1) is 11.0 Å². The van der Waals surface area contributed by atoms with Crippen LogP contribution in [0.5, 0.6) is 0 Å². The van der Waals surface area contributed by atoms with Gasteiger partial charge in [0.15, 0.2) is 0 Å². The first kappa shape index (κ1) is 16.8. The fourth-order valence-electron chi connectivity index (χ4n) is 2.64. The van der Waals surface area contributed by atoms with Crippen LogP contribution in [0.4, 0.5) is 4.39 Å². The van der Waals surface area contributed by atoms with Gasteiger partial charge in [0.1, 0.15) is 11.5 Å².